The van der Waals surface area contributed by atoms with E-state index in [2.05, 4.69) is 63.3 Å². The van der Waals surface area contributed by atoms with Gasteiger partial charge in [-0.25, -0.2) is 4.79 Å². The van der Waals surface area contributed by atoms with Crippen molar-refractivity contribution < 1.29 is 53.4 Å². The van der Waals surface area contributed by atoms with Gasteiger partial charge in [0.25, 0.3) is 0 Å². The standard InChI is InChI=1S/C81H158N12O11S/c1-4-7-10-13-16-19-22-25-28-31-34-37-40-51-62-86-75(97)71(87-73(95)56-41-38-35-32-29-26-23-20-17-14-11-8-5-2)64-105-65-72(88-74(96)57-42-39-36-33-30-27-24-21-18-15-12-9-6-3)80(102)93-70(63-94)79(101)91-67(53-44-48-59-83)77(99)89-66(52-43-47-58-82)76(98)90-68(54-45-49-60-84)78(100)92-69(81(103)104)55-46-50-61-85/h66-72,94H,4-65,82-85H2,1-3H3,(H,86,97)(H,87,95)(H,88,96)(H,89,99)(H,90,98)(H,91,101)(H,92,100)(H,93,102)(H,103,104)/t66-,67-,68-,69-,70-,71-,72-/m0/s1. The van der Waals surface area contributed by atoms with E-state index >= 15 is 0 Å². The molecule has 0 aliphatic rings. The van der Waals surface area contributed by atoms with Gasteiger partial charge in [0.15, 0.2) is 0 Å². The molecule has 0 radical (unpaired) electrons. The van der Waals surface area contributed by atoms with Crippen molar-refractivity contribution in [3.8, 4) is 0 Å². The number of aliphatic hydroxyl groups excluding tert-OH is 1. The predicted molar refractivity (Wildman–Crippen MR) is 431 cm³/mol. The van der Waals surface area contributed by atoms with E-state index in [1.807, 2.05) is 0 Å². The van der Waals surface area contributed by atoms with Gasteiger partial charge in [-0.3, -0.25) is 38.4 Å². The summed E-state index contributed by atoms with van der Waals surface area (Å²) in [6.45, 7) is 7.48. The van der Waals surface area contributed by atoms with Crippen LogP contribution in [0.2, 0.25) is 0 Å². The molecule has 0 aliphatic carbocycles. The van der Waals surface area contributed by atoms with Crippen LogP contribution < -0.4 is 65.5 Å². The molecule has 0 heterocycles. The van der Waals surface area contributed by atoms with Crippen molar-refractivity contribution in [2.45, 2.75) is 410 Å². The maximum Gasteiger partial charge on any atom is 0.326 e. The number of hydrogen-bond donors (Lipinski definition) is 14. The first kappa shape index (κ1) is 100. The van der Waals surface area contributed by atoms with E-state index in [-0.39, 0.29) is 80.8 Å². The molecule has 8 amide bonds. The molecular weight excluding hydrogens is 1350 g/mol. The zero-order chi connectivity index (χ0) is 77.4. The molecule has 0 bridgehead atoms. The number of rotatable bonds is 78. The molecule has 0 unspecified atom stereocenters. The van der Waals surface area contributed by atoms with Crippen molar-refractivity contribution in [1.82, 2.24) is 42.5 Å². The van der Waals surface area contributed by atoms with Gasteiger partial charge in [0, 0.05) is 30.9 Å². The Labute approximate surface area is 641 Å². The average molecular weight is 1510 g/mol. The lowest BCUT2D eigenvalue weighted by atomic mass is 10.0. The summed E-state index contributed by atoms with van der Waals surface area (Å²) in [6.07, 6.45) is 51.3. The van der Waals surface area contributed by atoms with Gasteiger partial charge in [0.05, 0.1) is 6.61 Å². The third kappa shape index (κ3) is 59.0. The lowest BCUT2D eigenvalue weighted by Gasteiger charge is -2.27. The Kier molecular flexibility index (Phi) is 70.3. The van der Waals surface area contributed by atoms with Crippen molar-refractivity contribution in [1.29, 1.82) is 0 Å². The molecule has 23 nitrogen and oxygen atoms in total. The van der Waals surface area contributed by atoms with Gasteiger partial charge in [0.1, 0.15) is 42.3 Å². The first-order chi connectivity index (χ1) is 51.1. The number of nitrogens with two attached hydrogens (primary N) is 4. The van der Waals surface area contributed by atoms with Crippen molar-refractivity contribution in [2.24, 2.45) is 22.9 Å². The number of carboxylic acid groups (broad SMARTS) is 1. The third-order valence-corrected chi connectivity index (χ3v) is 21.0. The number of carbonyl (C=O) groups excluding carboxylic acids is 8. The van der Waals surface area contributed by atoms with Crippen LogP contribution in [-0.2, 0) is 43.2 Å². The molecule has 0 rings (SSSR count). The molecular formula is C81H158N12O11S. The van der Waals surface area contributed by atoms with Crippen LogP contribution in [0.25, 0.3) is 0 Å². The molecule has 24 heteroatoms. The number of nitrogens with one attached hydrogen (secondary N) is 8. The maximum atomic E-state index is 14.6. The third-order valence-electron chi connectivity index (χ3n) is 19.8. The normalized spacial score (nSPS) is 13.4. The number of hydrogen-bond acceptors (Lipinski definition) is 15. The van der Waals surface area contributed by atoms with Crippen molar-refractivity contribution in [2.75, 3.05) is 50.8 Å². The fourth-order valence-electron chi connectivity index (χ4n) is 13.1. The Morgan fingerprint density at radius 2 is 0.514 bits per heavy atom. The number of amides is 8. The highest BCUT2D eigenvalue weighted by Gasteiger charge is 2.34. The average Bonchev–Trinajstić information content (AvgIpc) is 0.861. The van der Waals surface area contributed by atoms with Crippen LogP contribution in [0.3, 0.4) is 0 Å². The van der Waals surface area contributed by atoms with E-state index in [1.54, 1.807) is 0 Å². The fraction of sp³-hybridized carbons (Fsp3) is 0.889. The van der Waals surface area contributed by atoms with Gasteiger partial charge < -0.3 is 75.7 Å². The van der Waals surface area contributed by atoms with Crippen molar-refractivity contribution in [3.63, 3.8) is 0 Å². The minimum atomic E-state index is -1.62. The first-order valence-electron chi connectivity index (χ1n) is 42.7. The summed E-state index contributed by atoms with van der Waals surface area (Å²) in [7, 11) is 0. The Balaban J connectivity index is 6.64. The quantitative estimate of drug-likeness (QED) is 0.0252. The minimum absolute atomic E-state index is 0.0432. The van der Waals surface area contributed by atoms with Gasteiger partial charge in [-0.1, -0.05) is 258 Å². The Bertz CT molecular complexity index is 2170. The van der Waals surface area contributed by atoms with E-state index < -0.39 is 84.4 Å². The monoisotopic (exact) mass is 1510 g/mol. The predicted octanol–water partition coefficient (Wildman–Crippen LogP) is 12.3. The van der Waals surface area contributed by atoms with Crippen molar-refractivity contribution >= 4 is 65.0 Å². The number of aliphatic carboxylic acids is 1. The number of thioether (sulfide) groups is 1. The van der Waals surface area contributed by atoms with Gasteiger partial charge >= 0.3 is 5.97 Å². The molecule has 0 saturated carbocycles. The van der Waals surface area contributed by atoms with Crippen LogP contribution in [0.1, 0.15) is 367 Å². The van der Waals surface area contributed by atoms with Crippen LogP contribution >= 0.6 is 11.8 Å². The molecule has 0 aliphatic heterocycles. The highest BCUT2D eigenvalue weighted by molar-refractivity contribution is 7.99. The molecule has 0 spiro atoms. The second-order valence-electron chi connectivity index (χ2n) is 29.6. The Morgan fingerprint density at radius 1 is 0.276 bits per heavy atom. The second-order valence-corrected chi connectivity index (χ2v) is 30.7. The molecule has 614 valence electrons. The molecule has 0 aromatic rings. The topological polar surface area (TPSA) is 394 Å². The first-order valence-corrected chi connectivity index (χ1v) is 43.8. The second kappa shape index (κ2) is 73.5. The van der Waals surface area contributed by atoms with Gasteiger partial charge in [0.2, 0.25) is 47.3 Å². The largest absolute Gasteiger partial charge is 0.480 e. The Morgan fingerprint density at radius 3 is 0.800 bits per heavy atom. The van der Waals surface area contributed by atoms with Gasteiger partial charge in [-0.05, 0) is 122 Å². The lowest BCUT2D eigenvalue weighted by molar-refractivity contribution is -0.142. The number of aliphatic hydroxyl groups is 1. The van der Waals surface area contributed by atoms with Crippen LogP contribution in [0.15, 0.2) is 0 Å². The van der Waals surface area contributed by atoms with Gasteiger partial charge in [-0.15, -0.1) is 0 Å². The number of unbranched alkanes of at least 4 members (excludes halogenated alkanes) is 41. The summed E-state index contributed by atoms with van der Waals surface area (Å²) in [5.41, 5.74) is 23.1. The molecule has 0 aromatic carbocycles. The van der Waals surface area contributed by atoms with Crippen LogP contribution in [-0.4, -0.2) is 157 Å². The highest BCUT2D eigenvalue weighted by atomic mass is 32.2. The number of carbonyl (C=O) groups is 9. The van der Waals surface area contributed by atoms with Crippen LogP contribution in [0.5, 0.6) is 0 Å². The van der Waals surface area contributed by atoms with Crippen LogP contribution in [0.4, 0.5) is 0 Å². The van der Waals surface area contributed by atoms with Crippen LogP contribution in [0, 0.1) is 0 Å². The fourth-order valence-corrected chi connectivity index (χ4v) is 14.1. The van der Waals surface area contributed by atoms with E-state index in [0.29, 0.717) is 83.8 Å². The maximum absolute atomic E-state index is 14.6. The van der Waals surface area contributed by atoms with E-state index in [1.165, 1.54) is 185 Å². The van der Waals surface area contributed by atoms with Gasteiger partial charge in [-0.2, -0.15) is 11.8 Å². The molecule has 0 fully saturated rings. The summed E-state index contributed by atoms with van der Waals surface area (Å²) >= 11 is 1.20. The zero-order valence-corrected chi connectivity index (χ0v) is 67.5. The Hall–Kier alpha value is -4.62. The zero-order valence-electron chi connectivity index (χ0n) is 66.7. The minimum Gasteiger partial charge on any atom is -0.480 e. The molecule has 105 heavy (non-hydrogen) atoms. The van der Waals surface area contributed by atoms with E-state index in [0.717, 1.165) is 70.6 Å². The molecule has 7 atom stereocenters. The SMILES string of the molecule is CCCCCCCCCCCCCCCCNC(=O)[C@H](CSC[C@H](NC(=O)CCCCCCCCCCCCCCC)C(=O)N[C@@H](CO)C(=O)N[C@@H](CCCCN)C(=O)N[C@@H](CCCCN)C(=O)N[C@@H](CCCCN)C(=O)N[C@@H](CCCCN)C(=O)O)NC(=O)CCCCCCCCCCCCCCC. The summed E-state index contributed by atoms with van der Waals surface area (Å²) in [4.78, 5) is 125. The van der Waals surface area contributed by atoms with E-state index in [4.69, 9.17) is 22.9 Å². The summed E-state index contributed by atoms with van der Waals surface area (Å²) in [6, 6.07) is -8.79. The molecule has 18 N–H and O–H groups in total. The highest BCUT2D eigenvalue weighted by Crippen LogP contribution is 2.19. The smallest absolute Gasteiger partial charge is 0.326 e. The number of carboxylic acids is 1. The molecule has 0 saturated heterocycles. The summed E-state index contributed by atoms with van der Waals surface area (Å²) in [5, 5.41) is 43.0. The van der Waals surface area contributed by atoms with E-state index in [9.17, 15) is 53.4 Å². The van der Waals surface area contributed by atoms with Crippen molar-refractivity contribution in [3.05, 3.63) is 0 Å². The summed E-state index contributed by atoms with van der Waals surface area (Å²) in [5.74, 6) is -6.12. The molecule has 0 aromatic heterocycles. The summed E-state index contributed by atoms with van der Waals surface area (Å²) < 4.78 is 0. The lowest BCUT2D eigenvalue weighted by Crippen LogP contribution is -2.60.